The smallest absolute Gasteiger partial charge is 0.339 e. The van der Waals surface area contributed by atoms with Crippen LogP contribution in [0.25, 0.3) is 10.8 Å². The Morgan fingerprint density at radius 3 is 3.07 bits per heavy atom. The van der Waals surface area contributed by atoms with E-state index in [4.69, 9.17) is 4.42 Å². The Morgan fingerprint density at radius 1 is 1.67 bits per heavy atom. The largest absolute Gasteiger partial charge is 0.465 e. The van der Waals surface area contributed by atoms with Crippen LogP contribution < -0.4 is 0 Å². The first-order valence-electron chi connectivity index (χ1n) is 4.00. The molecule has 6 heteroatoms. The normalized spacial score (nSPS) is 10.3. The second kappa shape index (κ2) is 4.31. The first-order chi connectivity index (χ1) is 7.22. The molecule has 0 N–H and O–H groups in total. The summed E-state index contributed by atoms with van der Waals surface area (Å²) in [4.78, 5) is 16.2. The first-order valence-corrected chi connectivity index (χ1v) is 5.89. The number of carbonyl (C=O) groups is 1. The zero-order valence-electron chi connectivity index (χ0n) is 7.69. The lowest BCUT2D eigenvalue weighted by atomic mass is 10.3. The minimum Gasteiger partial charge on any atom is -0.465 e. The zero-order valence-corrected chi connectivity index (χ0v) is 10.7. The number of esters is 1. The van der Waals surface area contributed by atoms with E-state index in [9.17, 15) is 4.79 Å². The Morgan fingerprint density at radius 2 is 2.47 bits per heavy atom. The van der Waals surface area contributed by atoms with Crippen LogP contribution in [0.1, 0.15) is 10.4 Å². The average molecular weight is 335 g/mol. The lowest BCUT2D eigenvalue weighted by molar-refractivity contribution is 0.0600. The highest BCUT2D eigenvalue weighted by atomic mass is 127. The summed E-state index contributed by atoms with van der Waals surface area (Å²) >= 11 is 3.54. The highest BCUT2D eigenvalue weighted by Crippen LogP contribution is 2.31. The van der Waals surface area contributed by atoms with Gasteiger partial charge in [0.15, 0.2) is 0 Å². The van der Waals surface area contributed by atoms with E-state index in [0.29, 0.717) is 11.5 Å². The molecule has 0 aliphatic rings. The number of aromatic nitrogens is 1. The number of thiophene rings is 1. The van der Waals surface area contributed by atoms with Gasteiger partial charge in [-0.15, -0.1) is 11.3 Å². The van der Waals surface area contributed by atoms with Gasteiger partial charge >= 0.3 is 5.97 Å². The van der Waals surface area contributed by atoms with E-state index >= 15 is 0 Å². The number of halogens is 1. The van der Waals surface area contributed by atoms with Crippen LogP contribution in [-0.2, 0) is 4.74 Å². The molecule has 0 aliphatic carbocycles. The highest BCUT2D eigenvalue weighted by Gasteiger charge is 2.17. The van der Waals surface area contributed by atoms with E-state index in [1.54, 1.807) is 12.3 Å². The number of methoxy groups -OCH3 is 1. The topological polar surface area (TPSA) is 52.3 Å². The summed E-state index contributed by atoms with van der Waals surface area (Å²) < 4.78 is 10.7. The van der Waals surface area contributed by atoms with Gasteiger partial charge in [0, 0.05) is 0 Å². The van der Waals surface area contributed by atoms with E-state index in [2.05, 4.69) is 32.3 Å². The fraction of sp³-hybridized carbons (Fsp3) is 0.111. The second-order valence-electron chi connectivity index (χ2n) is 2.63. The molecule has 4 nitrogen and oxygen atoms in total. The maximum absolute atomic E-state index is 11.3. The lowest BCUT2D eigenvalue weighted by Crippen LogP contribution is -2.00. The van der Waals surface area contributed by atoms with Crippen LogP contribution in [0, 0.1) is 2.88 Å². The number of carbonyl (C=O) groups excluding carboxylic acids is 1. The van der Waals surface area contributed by atoms with Gasteiger partial charge in [-0.05, 0) is 28.7 Å². The van der Waals surface area contributed by atoms with Gasteiger partial charge in [-0.3, -0.25) is 0 Å². The number of hydrogen-bond donors (Lipinski definition) is 0. The van der Waals surface area contributed by atoms with Gasteiger partial charge in [-0.1, -0.05) is 0 Å². The summed E-state index contributed by atoms with van der Waals surface area (Å²) in [5.74, 6) is 0.182. The minimum atomic E-state index is -0.339. The summed E-state index contributed by atoms with van der Waals surface area (Å²) in [5, 5.41) is 0. The molecule has 0 unspecified atom stereocenters. The molecule has 0 aliphatic heterocycles. The Labute approximate surface area is 103 Å². The van der Waals surface area contributed by atoms with E-state index in [1.165, 1.54) is 24.7 Å². The molecule has 0 aromatic carbocycles. The summed E-state index contributed by atoms with van der Waals surface area (Å²) in [6, 6.07) is 1.73. The molecule has 2 aromatic rings. The van der Waals surface area contributed by atoms with Gasteiger partial charge in [-0.25, -0.2) is 9.78 Å². The molecule has 15 heavy (non-hydrogen) atoms. The average Bonchev–Trinajstić information content (AvgIpc) is 2.84. The lowest BCUT2D eigenvalue weighted by Gasteiger charge is -1.93. The van der Waals surface area contributed by atoms with Crippen molar-refractivity contribution in [1.82, 2.24) is 4.98 Å². The van der Waals surface area contributed by atoms with Crippen LogP contribution in [0.5, 0.6) is 0 Å². The summed E-state index contributed by atoms with van der Waals surface area (Å²) in [6.07, 6.45) is 3.07. The van der Waals surface area contributed by atoms with Gasteiger partial charge < -0.3 is 9.15 Å². The van der Waals surface area contributed by atoms with Gasteiger partial charge in [0.2, 0.25) is 5.89 Å². The van der Waals surface area contributed by atoms with Crippen LogP contribution >= 0.6 is 33.9 Å². The summed E-state index contributed by atoms with van der Waals surface area (Å²) in [7, 11) is 1.36. The van der Waals surface area contributed by atoms with Crippen molar-refractivity contribution in [2.75, 3.05) is 7.11 Å². The van der Waals surface area contributed by atoms with Crippen molar-refractivity contribution in [2.24, 2.45) is 0 Å². The molecular weight excluding hydrogens is 329 g/mol. The summed E-state index contributed by atoms with van der Waals surface area (Å²) in [5.41, 5.74) is 0.552. The zero-order chi connectivity index (χ0) is 10.8. The highest BCUT2D eigenvalue weighted by molar-refractivity contribution is 14.1. The van der Waals surface area contributed by atoms with Crippen molar-refractivity contribution < 1.29 is 13.9 Å². The van der Waals surface area contributed by atoms with Gasteiger partial charge in [0.25, 0.3) is 0 Å². The Balaban J connectivity index is 2.41. The van der Waals surface area contributed by atoms with E-state index < -0.39 is 0 Å². The molecule has 0 atom stereocenters. The SMILES string of the molecule is COC(=O)c1cc(-c2ncco2)sc1I. The molecule has 78 valence electrons. The monoisotopic (exact) mass is 335 g/mol. The third kappa shape index (κ3) is 2.05. The number of rotatable bonds is 2. The molecule has 0 saturated heterocycles. The molecule has 2 rings (SSSR count). The maximum Gasteiger partial charge on any atom is 0.339 e. The standard InChI is InChI=1S/C9H6INO3S/c1-13-9(12)5-4-6(15-7(5)10)8-11-2-3-14-8/h2-4H,1H3. The maximum atomic E-state index is 11.3. The van der Waals surface area contributed by atoms with Gasteiger partial charge in [0.1, 0.15) is 6.26 Å². The van der Waals surface area contributed by atoms with E-state index in [0.717, 1.165) is 7.76 Å². The number of nitrogens with zero attached hydrogens (tertiary/aromatic N) is 1. The molecule has 0 fully saturated rings. The Kier molecular flexibility index (Phi) is 3.06. The van der Waals surface area contributed by atoms with Crippen LogP contribution in [0.15, 0.2) is 22.9 Å². The van der Waals surface area contributed by atoms with E-state index in [-0.39, 0.29) is 5.97 Å². The second-order valence-corrected chi connectivity index (χ2v) is 5.49. The number of ether oxygens (including phenoxy) is 1. The molecular formula is C9H6INO3S. The molecule has 2 heterocycles. The number of oxazole rings is 1. The van der Waals surface area contributed by atoms with Crippen LogP contribution in [0.2, 0.25) is 0 Å². The van der Waals surface area contributed by atoms with Crippen LogP contribution in [-0.4, -0.2) is 18.1 Å². The quantitative estimate of drug-likeness (QED) is 0.626. The summed E-state index contributed by atoms with van der Waals surface area (Å²) in [6.45, 7) is 0. The molecule has 0 radical (unpaired) electrons. The Hall–Kier alpha value is -0.890. The molecule has 0 amide bonds. The van der Waals surface area contributed by atoms with Crippen molar-refractivity contribution in [3.63, 3.8) is 0 Å². The Bertz CT molecular complexity index is 478. The van der Waals surface area contributed by atoms with Gasteiger partial charge in [-0.2, -0.15) is 0 Å². The van der Waals surface area contributed by atoms with Crippen molar-refractivity contribution >= 4 is 39.9 Å². The molecule has 0 bridgehead atoms. The fourth-order valence-corrected chi connectivity index (χ4v) is 2.97. The van der Waals surface area contributed by atoms with Crippen LogP contribution in [0.4, 0.5) is 0 Å². The van der Waals surface area contributed by atoms with Gasteiger partial charge in [0.05, 0.1) is 26.6 Å². The van der Waals surface area contributed by atoms with Crippen molar-refractivity contribution in [3.8, 4) is 10.8 Å². The van der Waals surface area contributed by atoms with Crippen molar-refractivity contribution in [3.05, 3.63) is 27.0 Å². The first kappa shape index (κ1) is 10.6. The molecule has 2 aromatic heterocycles. The minimum absolute atomic E-state index is 0.339. The molecule has 0 spiro atoms. The third-order valence-electron chi connectivity index (χ3n) is 1.74. The third-order valence-corrected chi connectivity index (χ3v) is 3.89. The van der Waals surface area contributed by atoms with Crippen LogP contribution in [0.3, 0.4) is 0 Å². The predicted molar refractivity (Wildman–Crippen MR) is 63.9 cm³/mol. The molecule has 0 saturated carbocycles. The fourth-order valence-electron chi connectivity index (χ4n) is 1.07. The van der Waals surface area contributed by atoms with E-state index in [1.807, 2.05) is 0 Å². The van der Waals surface area contributed by atoms with Crippen molar-refractivity contribution in [1.29, 1.82) is 0 Å². The predicted octanol–water partition coefficient (Wildman–Crippen LogP) is 2.79. The number of hydrogen-bond acceptors (Lipinski definition) is 5. The van der Waals surface area contributed by atoms with Crippen molar-refractivity contribution in [2.45, 2.75) is 0 Å².